The smallest absolute Gasteiger partial charge is 0.326 e. The molecule has 26 heavy (non-hydrogen) atoms. The number of pyridine rings is 1. The zero-order valence-corrected chi connectivity index (χ0v) is 14.7. The van der Waals surface area contributed by atoms with Crippen molar-refractivity contribution in [2.24, 2.45) is 0 Å². The maximum Gasteiger partial charge on any atom is 0.326 e. The second kappa shape index (κ2) is 7.35. The van der Waals surface area contributed by atoms with Crippen molar-refractivity contribution in [1.29, 1.82) is 0 Å². The highest BCUT2D eigenvalue weighted by Crippen LogP contribution is 2.17. The number of hydrogen-bond donors (Lipinski definition) is 2. The number of carboxylic acid groups (broad SMARTS) is 1. The maximum atomic E-state index is 12.7. The van der Waals surface area contributed by atoms with Gasteiger partial charge in [-0.3, -0.25) is 9.78 Å². The predicted molar refractivity (Wildman–Crippen MR) is 100 cm³/mol. The van der Waals surface area contributed by atoms with E-state index in [0.717, 1.165) is 22.1 Å². The van der Waals surface area contributed by atoms with Gasteiger partial charge in [-0.15, -0.1) is 0 Å². The number of carbonyl (C=O) groups excluding carboxylic acids is 1. The van der Waals surface area contributed by atoms with Crippen LogP contribution in [-0.4, -0.2) is 28.0 Å². The molecule has 3 aromatic rings. The number of hydrogen-bond acceptors (Lipinski definition) is 3. The highest BCUT2D eigenvalue weighted by Gasteiger charge is 2.22. The highest BCUT2D eigenvalue weighted by molar-refractivity contribution is 6.06. The minimum Gasteiger partial charge on any atom is -0.480 e. The van der Waals surface area contributed by atoms with Crippen molar-refractivity contribution in [3.63, 3.8) is 0 Å². The number of carbonyl (C=O) groups is 2. The first kappa shape index (κ1) is 17.6. The van der Waals surface area contributed by atoms with E-state index in [1.54, 1.807) is 24.4 Å². The normalized spacial score (nSPS) is 11.9. The Hall–Kier alpha value is -3.21. The van der Waals surface area contributed by atoms with Crippen molar-refractivity contribution in [2.75, 3.05) is 0 Å². The topological polar surface area (TPSA) is 79.3 Å². The van der Waals surface area contributed by atoms with Crippen LogP contribution in [0.3, 0.4) is 0 Å². The molecule has 2 N–H and O–H groups in total. The van der Waals surface area contributed by atoms with Crippen LogP contribution in [0, 0.1) is 13.8 Å². The van der Waals surface area contributed by atoms with Crippen molar-refractivity contribution in [3.8, 4) is 0 Å². The summed E-state index contributed by atoms with van der Waals surface area (Å²) in [5.41, 5.74) is 4.04. The van der Waals surface area contributed by atoms with Crippen molar-refractivity contribution < 1.29 is 14.7 Å². The highest BCUT2D eigenvalue weighted by atomic mass is 16.4. The summed E-state index contributed by atoms with van der Waals surface area (Å²) >= 11 is 0. The van der Waals surface area contributed by atoms with Crippen molar-refractivity contribution in [1.82, 2.24) is 10.3 Å². The Morgan fingerprint density at radius 3 is 2.58 bits per heavy atom. The monoisotopic (exact) mass is 348 g/mol. The van der Waals surface area contributed by atoms with Crippen molar-refractivity contribution >= 4 is 22.8 Å². The summed E-state index contributed by atoms with van der Waals surface area (Å²) < 4.78 is 0. The second-order valence-corrected chi connectivity index (χ2v) is 6.37. The first-order chi connectivity index (χ1) is 12.5. The minimum atomic E-state index is -1.07. The largest absolute Gasteiger partial charge is 0.480 e. The molecule has 0 fully saturated rings. The van der Waals surface area contributed by atoms with E-state index in [-0.39, 0.29) is 6.42 Å². The van der Waals surface area contributed by atoms with Crippen LogP contribution in [-0.2, 0) is 11.2 Å². The fraction of sp³-hybridized carbons (Fsp3) is 0.190. The standard InChI is InChI=1S/C21H20N2O3/c1-13-8-9-15(11-14(13)2)12-18(21(25)26)23-20(24)17-7-3-5-16-6-4-10-22-19(16)17/h3-11,18H,12H2,1-2H3,(H,23,24)(H,25,26)/t18-/m0/s1. The molecule has 0 saturated carbocycles. The molecule has 0 radical (unpaired) electrons. The molecule has 3 rings (SSSR count). The number of amides is 1. The fourth-order valence-electron chi connectivity index (χ4n) is 2.89. The van der Waals surface area contributed by atoms with Gasteiger partial charge in [0.15, 0.2) is 0 Å². The van der Waals surface area contributed by atoms with E-state index < -0.39 is 17.9 Å². The second-order valence-electron chi connectivity index (χ2n) is 6.37. The van der Waals surface area contributed by atoms with Crippen molar-refractivity contribution in [3.05, 3.63) is 77.0 Å². The molecule has 0 aliphatic heterocycles. The Morgan fingerprint density at radius 2 is 1.85 bits per heavy atom. The number of aliphatic carboxylic acids is 1. The Kier molecular flexibility index (Phi) is 4.98. The van der Waals surface area contributed by atoms with Crippen LogP contribution >= 0.6 is 0 Å². The van der Waals surface area contributed by atoms with Gasteiger partial charge in [-0.2, -0.15) is 0 Å². The predicted octanol–water partition coefficient (Wildman–Crippen LogP) is 3.28. The Morgan fingerprint density at radius 1 is 1.08 bits per heavy atom. The lowest BCUT2D eigenvalue weighted by Gasteiger charge is -2.16. The number of nitrogens with one attached hydrogen (secondary N) is 1. The average Bonchev–Trinajstić information content (AvgIpc) is 2.63. The summed E-state index contributed by atoms with van der Waals surface area (Å²) in [6.07, 6.45) is 1.84. The summed E-state index contributed by atoms with van der Waals surface area (Å²) in [6, 6.07) is 13.7. The molecular weight excluding hydrogens is 328 g/mol. The van der Waals surface area contributed by atoms with Crippen LogP contribution in [0.4, 0.5) is 0 Å². The third-order valence-corrected chi connectivity index (χ3v) is 4.49. The number of benzene rings is 2. The number of aryl methyl sites for hydroxylation is 2. The summed E-state index contributed by atoms with van der Waals surface area (Å²) in [5.74, 6) is -1.50. The third kappa shape index (κ3) is 3.72. The number of nitrogens with zero attached hydrogens (tertiary/aromatic N) is 1. The SMILES string of the molecule is Cc1ccc(C[C@H](NC(=O)c2cccc3cccnc23)C(=O)O)cc1C. The molecule has 0 saturated heterocycles. The van der Waals surface area contributed by atoms with E-state index in [1.807, 2.05) is 44.2 Å². The molecule has 1 heterocycles. The van der Waals surface area contributed by atoms with Crippen LogP contribution in [0.25, 0.3) is 10.9 Å². The summed E-state index contributed by atoms with van der Waals surface area (Å²) in [5, 5.41) is 13.0. The van der Waals surface area contributed by atoms with Crippen LogP contribution in [0.15, 0.2) is 54.7 Å². The van der Waals surface area contributed by atoms with E-state index in [0.29, 0.717) is 11.1 Å². The summed E-state index contributed by atoms with van der Waals surface area (Å²) in [4.78, 5) is 28.6. The van der Waals surface area contributed by atoms with E-state index >= 15 is 0 Å². The van der Waals surface area contributed by atoms with Gasteiger partial charge in [0.05, 0.1) is 11.1 Å². The molecule has 5 heteroatoms. The summed E-state index contributed by atoms with van der Waals surface area (Å²) in [6.45, 7) is 3.98. The van der Waals surface area contributed by atoms with Gasteiger partial charge >= 0.3 is 5.97 Å². The molecule has 2 aromatic carbocycles. The van der Waals surface area contributed by atoms with Gasteiger partial charge in [-0.1, -0.05) is 36.4 Å². The maximum absolute atomic E-state index is 12.7. The number of carboxylic acids is 1. The first-order valence-electron chi connectivity index (χ1n) is 8.39. The van der Waals surface area contributed by atoms with E-state index in [2.05, 4.69) is 10.3 Å². The Bertz CT molecular complexity index is 977. The molecule has 1 aromatic heterocycles. The molecule has 0 spiro atoms. The number of fused-ring (bicyclic) bond motifs is 1. The molecule has 1 atom stereocenters. The number of rotatable bonds is 5. The molecule has 0 unspecified atom stereocenters. The zero-order chi connectivity index (χ0) is 18.7. The van der Waals surface area contributed by atoms with Gasteiger partial charge < -0.3 is 10.4 Å². The third-order valence-electron chi connectivity index (χ3n) is 4.49. The van der Waals surface area contributed by atoms with E-state index in [1.165, 1.54) is 0 Å². The minimum absolute atomic E-state index is 0.223. The van der Waals surface area contributed by atoms with Gasteiger partial charge in [0.25, 0.3) is 5.91 Å². The lowest BCUT2D eigenvalue weighted by Crippen LogP contribution is -2.42. The average molecular weight is 348 g/mol. The quantitative estimate of drug-likeness (QED) is 0.742. The molecule has 132 valence electrons. The Labute approximate surface area is 151 Å². The Balaban J connectivity index is 1.84. The van der Waals surface area contributed by atoms with Gasteiger partial charge in [0.1, 0.15) is 6.04 Å². The molecular formula is C21H20N2O3. The molecule has 0 aliphatic rings. The number of aromatic nitrogens is 1. The zero-order valence-electron chi connectivity index (χ0n) is 14.7. The van der Waals surface area contributed by atoms with Crippen LogP contribution in [0.2, 0.25) is 0 Å². The molecule has 0 bridgehead atoms. The number of para-hydroxylation sites is 1. The van der Waals surface area contributed by atoms with Gasteiger partial charge in [0, 0.05) is 18.0 Å². The summed E-state index contributed by atoms with van der Waals surface area (Å²) in [7, 11) is 0. The lowest BCUT2D eigenvalue weighted by molar-refractivity contribution is -0.139. The molecule has 0 aliphatic carbocycles. The van der Waals surface area contributed by atoms with Crippen LogP contribution in [0.1, 0.15) is 27.0 Å². The lowest BCUT2D eigenvalue weighted by atomic mass is 10.0. The first-order valence-corrected chi connectivity index (χ1v) is 8.39. The van der Waals surface area contributed by atoms with Crippen LogP contribution in [0.5, 0.6) is 0 Å². The van der Waals surface area contributed by atoms with Gasteiger partial charge in [-0.25, -0.2) is 4.79 Å². The van der Waals surface area contributed by atoms with E-state index in [9.17, 15) is 14.7 Å². The van der Waals surface area contributed by atoms with Crippen molar-refractivity contribution in [2.45, 2.75) is 26.3 Å². The molecule has 1 amide bonds. The fourth-order valence-corrected chi connectivity index (χ4v) is 2.89. The van der Waals surface area contributed by atoms with E-state index in [4.69, 9.17) is 0 Å². The molecule has 5 nitrogen and oxygen atoms in total. The van der Waals surface area contributed by atoms with Gasteiger partial charge in [-0.05, 0) is 42.7 Å². The van der Waals surface area contributed by atoms with Crippen LogP contribution < -0.4 is 5.32 Å². The van der Waals surface area contributed by atoms with Gasteiger partial charge in [0.2, 0.25) is 0 Å².